The first kappa shape index (κ1) is 17.8. The van der Waals surface area contributed by atoms with Crippen LogP contribution in [0.4, 0.5) is 0 Å². The van der Waals surface area contributed by atoms with Gasteiger partial charge in [-0.25, -0.2) is 0 Å². The Hall–Kier alpha value is -1.99. The first-order chi connectivity index (χ1) is 12.0. The highest BCUT2D eigenvalue weighted by Crippen LogP contribution is 2.41. The minimum atomic E-state index is -0.599. The second-order valence-electron chi connectivity index (χ2n) is 5.90. The zero-order chi connectivity index (χ0) is 18.0. The minimum Gasteiger partial charge on any atom is -0.491 e. The lowest BCUT2D eigenvalue weighted by Gasteiger charge is -2.09. The van der Waals surface area contributed by atoms with E-state index in [-0.39, 0.29) is 11.9 Å². The van der Waals surface area contributed by atoms with Crippen molar-refractivity contribution in [2.24, 2.45) is 0 Å². The first-order valence-electron chi connectivity index (χ1n) is 8.09. The highest BCUT2D eigenvalue weighted by atomic mass is 32.2. The van der Waals surface area contributed by atoms with E-state index < -0.39 is 5.92 Å². The fraction of sp³-hybridized carbons (Fsp3) is 0.333. The molecule has 1 aliphatic rings. The third kappa shape index (κ3) is 3.99. The molecule has 130 valence electrons. The van der Waals surface area contributed by atoms with Crippen molar-refractivity contribution < 1.29 is 9.53 Å². The van der Waals surface area contributed by atoms with Crippen molar-refractivity contribution in [2.45, 2.75) is 39.2 Å². The molecule has 1 unspecified atom stereocenters. The van der Waals surface area contributed by atoms with Crippen LogP contribution in [0.3, 0.4) is 0 Å². The van der Waals surface area contributed by atoms with Crippen LogP contribution in [0.1, 0.15) is 42.3 Å². The van der Waals surface area contributed by atoms with Gasteiger partial charge in [0, 0.05) is 0 Å². The number of aromatic nitrogens is 2. The van der Waals surface area contributed by atoms with E-state index in [4.69, 9.17) is 10.1 Å². The number of hydrogen-bond donors (Lipinski definition) is 1. The van der Waals surface area contributed by atoms with Crippen molar-refractivity contribution in [1.29, 1.82) is 5.41 Å². The van der Waals surface area contributed by atoms with Crippen LogP contribution in [0.5, 0.6) is 5.75 Å². The lowest BCUT2D eigenvalue weighted by Crippen LogP contribution is -2.11. The maximum absolute atomic E-state index is 12.7. The molecule has 0 saturated carbocycles. The number of hydrogen-bond acceptors (Lipinski definition) is 7. The molecular weight excluding hydrogens is 354 g/mol. The lowest BCUT2D eigenvalue weighted by atomic mass is 10.1. The highest BCUT2D eigenvalue weighted by molar-refractivity contribution is 8.19. The number of ketones is 1. The van der Waals surface area contributed by atoms with Gasteiger partial charge in [0.2, 0.25) is 0 Å². The average Bonchev–Trinajstić information content (AvgIpc) is 3.13. The van der Waals surface area contributed by atoms with Gasteiger partial charge in [0.15, 0.2) is 5.78 Å². The summed E-state index contributed by atoms with van der Waals surface area (Å²) in [7, 11) is 0. The van der Waals surface area contributed by atoms with E-state index in [1.54, 1.807) is 0 Å². The predicted molar refractivity (Wildman–Crippen MR) is 103 cm³/mol. The topological polar surface area (TPSA) is 75.9 Å². The van der Waals surface area contributed by atoms with Crippen LogP contribution in [-0.4, -0.2) is 27.1 Å². The second-order valence-corrected chi connectivity index (χ2v) is 8.07. The normalized spacial score (nSPS) is 19.2. The molecule has 7 heteroatoms. The average molecular weight is 374 g/mol. The van der Waals surface area contributed by atoms with Gasteiger partial charge in [0.05, 0.1) is 16.1 Å². The molecule has 3 rings (SSSR count). The van der Waals surface area contributed by atoms with Crippen LogP contribution in [0.25, 0.3) is 6.08 Å². The van der Waals surface area contributed by atoms with Gasteiger partial charge in [-0.3, -0.25) is 10.2 Å². The number of aryl methyl sites for hydroxylation is 1. The van der Waals surface area contributed by atoms with Crippen molar-refractivity contribution in [3.05, 3.63) is 44.7 Å². The van der Waals surface area contributed by atoms with Crippen molar-refractivity contribution >= 4 is 40.0 Å². The quantitative estimate of drug-likeness (QED) is 0.791. The molecule has 2 aromatic rings. The molecule has 1 aromatic carbocycles. The number of Topliss-reactive ketones (excluding diaryl/α,β-unsaturated/α-hetero) is 1. The summed E-state index contributed by atoms with van der Waals surface area (Å²) in [6, 6.07) is 7.60. The Morgan fingerprint density at radius 1 is 1.28 bits per heavy atom. The zero-order valence-corrected chi connectivity index (χ0v) is 15.9. The van der Waals surface area contributed by atoms with Gasteiger partial charge in [0.25, 0.3) is 0 Å². The fourth-order valence-electron chi connectivity index (χ4n) is 2.41. The van der Waals surface area contributed by atoms with E-state index in [2.05, 4.69) is 10.2 Å². The Kier molecular flexibility index (Phi) is 5.34. The van der Waals surface area contributed by atoms with Gasteiger partial charge in [-0.05, 0) is 44.0 Å². The summed E-state index contributed by atoms with van der Waals surface area (Å²) in [6.45, 7) is 5.96. The molecule has 1 saturated heterocycles. The fourth-order valence-corrected chi connectivity index (χ4v) is 4.36. The van der Waals surface area contributed by atoms with E-state index >= 15 is 0 Å². The number of benzene rings is 1. The Labute approximate surface area is 155 Å². The van der Waals surface area contributed by atoms with Gasteiger partial charge in [-0.15, -0.1) is 21.5 Å². The van der Waals surface area contributed by atoms with Gasteiger partial charge in [-0.1, -0.05) is 30.8 Å². The van der Waals surface area contributed by atoms with E-state index in [0.717, 1.165) is 22.7 Å². The van der Waals surface area contributed by atoms with Gasteiger partial charge in [0.1, 0.15) is 21.7 Å². The molecule has 2 heterocycles. The number of nitrogens with zero attached hydrogens (tertiary/aromatic N) is 2. The molecule has 0 amide bonds. The van der Waals surface area contributed by atoms with Crippen LogP contribution >= 0.6 is 23.1 Å². The van der Waals surface area contributed by atoms with E-state index in [0.29, 0.717) is 15.0 Å². The van der Waals surface area contributed by atoms with Crippen LogP contribution in [0.2, 0.25) is 0 Å². The van der Waals surface area contributed by atoms with Gasteiger partial charge >= 0.3 is 0 Å². The van der Waals surface area contributed by atoms with Crippen molar-refractivity contribution in [3.63, 3.8) is 0 Å². The standard InChI is InChI=1S/C18H19N3O2S2/c1-4-14-20-21-18(25-14)15-16(22)13(24-17(15)19)9-11-5-7-12(8-6-11)23-10(2)3/h5-10,15,19H,4H2,1-3H3. The Balaban J connectivity index is 1.80. The Bertz CT molecular complexity index is 825. The number of carbonyl (C=O) groups excluding carboxylic acids is 1. The largest absolute Gasteiger partial charge is 0.491 e. The molecular formula is C18H19N3O2S2. The summed E-state index contributed by atoms with van der Waals surface area (Å²) in [5.41, 5.74) is 0.909. The van der Waals surface area contributed by atoms with Crippen molar-refractivity contribution in [2.75, 3.05) is 0 Å². The molecule has 1 N–H and O–H groups in total. The van der Waals surface area contributed by atoms with Crippen LogP contribution in [-0.2, 0) is 11.2 Å². The second kappa shape index (κ2) is 7.49. The third-order valence-corrected chi connectivity index (χ3v) is 5.70. The van der Waals surface area contributed by atoms with Crippen LogP contribution in [0.15, 0.2) is 29.2 Å². The highest BCUT2D eigenvalue weighted by Gasteiger charge is 2.39. The summed E-state index contributed by atoms with van der Waals surface area (Å²) in [4.78, 5) is 13.3. The van der Waals surface area contributed by atoms with E-state index in [1.807, 2.05) is 51.1 Å². The van der Waals surface area contributed by atoms with Crippen LogP contribution < -0.4 is 4.74 Å². The maximum Gasteiger partial charge on any atom is 0.186 e. The summed E-state index contributed by atoms with van der Waals surface area (Å²) in [5.74, 6) is 0.128. The molecule has 0 radical (unpaired) electrons. The number of carbonyl (C=O) groups is 1. The molecule has 1 atom stereocenters. The minimum absolute atomic E-state index is 0.0729. The number of ether oxygens (including phenoxy) is 1. The first-order valence-corrected chi connectivity index (χ1v) is 9.72. The Morgan fingerprint density at radius 3 is 2.60 bits per heavy atom. The molecule has 5 nitrogen and oxygen atoms in total. The summed E-state index contributed by atoms with van der Waals surface area (Å²) in [6.07, 6.45) is 2.73. The van der Waals surface area contributed by atoms with Gasteiger partial charge < -0.3 is 4.74 Å². The van der Waals surface area contributed by atoms with Crippen LogP contribution in [0, 0.1) is 5.41 Å². The number of rotatable bonds is 5. The SMILES string of the molecule is CCc1nnc(C2C(=N)SC(=Cc3ccc(OC(C)C)cc3)C2=O)s1. The third-order valence-electron chi connectivity index (χ3n) is 3.57. The summed E-state index contributed by atoms with van der Waals surface area (Å²) in [5, 5.41) is 18.2. The maximum atomic E-state index is 12.7. The number of allylic oxidation sites excluding steroid dienone is 1. The molecule has 0 bridgehead atoms. The van der Waals surface area contributed by atoms with Gasteiger partial charge in [-0.2, -0.15) is 0 Å². The zero-order valence-electron chi connectivity index (χ0n) is 14.3. The number of nitrogens with one attached hydrogen (secondary N) is 1. The van der Waals surface area contributed by atoms with E-state index in [1.165, 1.54) is 23.1 Å². The smallest absolute Gasteiger partial charge is 0.186 e. The molecule has 1 aromatic heterocycles. The molecule has 25 heavy (non-hydrogen) atoms. The summed E-state index contributed by atoms with van der Waals surface area (Å²) < 4.78 is 5.62. The molecule has 0 aliphatic carbocycles. The number of thioether (sulfide) groups is 1. The van der Waals surface area contributed by atoms with Crippen molar-refractivity contribution in [1.82, 2.24) is 10.2 Å². The predicted octanol–water partition coefficient (Wildman–Crippen LogP) is 4.31. The summed E-state index contributed by atoms with van der Waals surface area (Å²) >= 11 is 2.62. The van der Waals surface area contributed by atoms with E-state index in [9.17, 15) is 4.79 Å². The van der Waals surface area contributed by atoms with Crippen molar-refractivity contribution in [3.8, 4) is 5.75 Å². The molecule has 1 aliphatic heterocycles. The molecule has 0 spiro atoms. The molecule has 1 fully saturated rings. The Morgan fingerprint density at radius 2 is 2.00 bits per heavy atom. The monoisotopic (exact) mass is 373 g/mol. The lowest BCUT2D eigenvalue weighted by molar-refractivity contribution is -0.114.